The fourth-order valence-corrected chi connectivity index (χ4v) is 3.88. The molecule has 0 aromatic carbocycles. The lowest BCUT2D eigenvalue weighted by molar-refractivity contribution is 1.34. The van der Waals surface area contributed by atoms with Crippen LogP contribution in [0.15, 0.2) is 0 Å². The van der Waals surface area contributed by atoms with Crippen molar-refractivity contribution >= 4 is 46.7 Å². The molecule has 1 aliphatic heterocycles. The second kappa shape index (κ2) is 3.45. The minimum atomic E-state index is -0.188. The van der Waals surface area contributed by atoms with E-state index >= 15 is 0 Å². The van der Waals surface area contributed by atoms with Gasteiger partial charge in [0.15, 0.2) is 0 Å². The number of halogens is 2. The summed E-state index contributed by atoms with van der Waals surface area (Å²) in [7, 11) is 0. The third-order valence-electron chi connectivity index (χ3n) is 0.853. The van der Waals surface area contributed by atoms with Gasteiger partial charge in [-0.3, -0.25) is 0 Å². The van der Waals surface area contributed by atoms with Gasteiger partial charge in [-0.2, -0.15) is 0 Å². The second-order valence-electron chi connectivity index (χ2n) is 1.44. The highest BCUT2D eigenvalue weighted by atomic mass is 35.5. The van der Waals surface area contributed by atoms with Crippen molar-refractivity contribution in [3.05, 3.63) is 0 Å². The molecule has 0 N–H and O–H groups in total. The summed E-state index contributed by atoms with van der Waals surface area (Å²) in [5, 5.41) is 0. The summed E-state index contributed by atoms with van der Waals surface area (Å²) >= 11 is 14.9. The highest BCUT2D eigenvalue weighted by molar-refractivity contribution is 8.20. The van der Waals surface area contributed by atoms with Crippen LogP contribution in [0.2, 0.25) is 0 Å². The highest BCUT2D eigenvalue weighted by Crippen LogP contribution is 2.37. The van der Waals surface area contributed by atoms with Crippen molar-refractivity contribution in [3.8, 4) is 0 Å². The fourth-order valence-electron chi connectivity index (χ4n) is 0.522. The molecule has 0 spiro atoms. The molecule has 0 aromatic heterocycles. The summed E-state index contributed by atoms with van der Waals surface area (Å²) in [6, 6.07) is 0. The molecule has 0 amide bonds. The minimum absolute atomic E-state index is 0.188. The van der Waals surface area contributed by atoms with Crippen molar-refractivity contribution in [2.45, 2.75) is 9.42 Å². The third kappa shape index (κ3) is 1.90. The molecule has 0 bridgehead atoms. The van der Waals surface area contributed by atoms with E-state index < -0.39 is 0 Å². The Kier molecular flexibility index (Phi) is 3.18. The molecule has 0 aromatic rings. The van der Waals surface area contributed by atoms with Crippen molar-refractivity contribution in [3.63, 3.8) is 0 Å². The topological polar surface area (TPSA) is 0 Å². The average Bonchev–Trinajstić information content (AvgIpc) is 2.12. The van der Waals surface area contributed by atoms with Crippen molar-refractivity contribution in [1.29, 1.82) is 0 Å². The highest BCUT2D eigenvalue weighted by Gasteiger charge is 2.22. The summed E-state index contributed by atoms with van der Waals surface area (Å²) in [5.41, 5.74) is 0. The molecule has 48 valence electrons. The van der Waals surface area contributed by atoms with Crippen LogP contribution in [0, 0.1) is 0 Å². The number of hydrogen-bond acceptors (Lipinski definition) is 2. The van der Waals surface area contributed by atoms with Crippen LogP contribution in [-0.4, -0.2) is 20.9 Å². The van der Waals surface area contributed by atoms with Crippen molar-refractivity contribution < 1.29 is 0 Å². The monoisotopic (exact) mass is 188 g/mol. The Morgan fingerprint density at radius 1 is 1.25 bits per heavy atom. The van der Waals surface area contributed by atoms with E-state index in [0.29, 0.717) is 4.58 Å². The van der Waals surface area contributed by atoms with Gasteiger partial charge >= 0.3 is 0 Å². The van der Waals surface area contributed by atoms with Crippen molar-refractivity contribution in [1.82, 2.24) is 0 Å². The maximum Gasteiger partial charge on any atom is 0.128 e. The van der Waals surface area contributed by atoms with Crippen LogP contribution in [0.25, 0.3) is 0 Å². The summed E-state index contributed by atoms with van der Waals surface area (Å²) in [6.45, 7) is 0. The maximum atomic E-state index is 5.61. The van der Waals surface area contributed by atoms with E-state index in [1.165, 1.54) is 11.5 Å². The van der Waals surface area contributed by atoms with Gasteiger partial charge in [0.2, 0.25) is 0 Å². The quantitative estimate of drug-likeness (QED) is 0.581. The Morgan fingerprint density at radius 3 is 2.00 bits per heavy atom. The largest absolute Gasteiger partial charge is 0.144 e. The average molecular weight is 189 g/mol. The predicted octanol–water partition coefficient (Wildman–Crippen LogP) is 2.60. The number of thioether (sulfide) groups is 2. The van der Waals surface area contributed by atoms with Gasteiger partial charge in [-0.15, -0.1) is 46.7 Å². The maximum absolute atomic E-state index is 5.61. The molecule has 0 nitrogen and oxygen atoms in total. The van der Waals surface area contributed by atoms with Crippen LogP contribution < -0.4 is 0 Å². The molecule has 0 saturated carbocycles. The number of rotatable bonds is 1. The molecule has 0 unspecified atom stereocenters. The van der Waals surface area contributed by atoms with Gasteiger partial charge in [0.25, 0.3) is 0 Å². The Hall–Kier alpha value is 1.28. The smallest absolute Gasteiger partial charge is 0.128 e. The van der Waals surface area contributed by atoms with E-state index in [4.69, 9.17) is 23.2 Å². The molecular weight excluding hydrogens is 183 g/mol. The third-order valence-corrected chi connectivity index (χ3v) is 5.11. The van der Waals surface area contributed by atoms with Crippen LogP contribution in [-0.2, 0) is 0 Å². The zero-order chi connectivity index (χ0) is 5.98. The van der Waals surface area contributed by atoms with E-state index in [0.717, 1.165) is 0 Å². The molecule has 8 heavy (non-hydrogen) atoms. The molecule has 0 radical (unpaired) electrons. The van der Waals surface area contributed by atoms with E-state index in [1.807, 2.05) is 23.5 Å². The van der Waals surface area contributed by atoms with E-state index in [1.54, 1.807) is 0 Å². The van der Waals surface area contributed by atoms with E-state index in [9.17, 15) is 0 Å². The summed E-state index contributed by atoms with van der Waals surface area (Å²) < 4.78 is 0.429. The van der Waals surface area contributed by atoms with Gasteiger partial charge in [-0.1, -0.05) is 0 Å². The van der Waals surface area contributed by atoms with Gasteiger partial charge in [0, 0.05) is 11.5 Å². The summed E-state index contributed by atoms with van der Waals surface area (Å²) in [4.78, 5) is -0.188. The van der Waals surface area contributed by atoms with E-state index in [-0.39, 0.29) is 4.84 Å². The van der Waals surface area contributed by atoms with Crippen LogP contribution in [0.4, 0.5) is 0 Å². The zero-order valence-corrected chi connectivity index (χ0v) is 7.29. The van der Waals surface area contributed by atoms with Crippen molar-refractivity contribution in [2.24, 2.45) is 0 Å². The molecule has 0 atom stereocenters. The lowest BCUT2D eigenvalue weighted by atomic mass is 10.9. The molecular formula is C4H6Cl2S2. The standard InChI is InChI=1S/C4H6Cl2S2/c5-3(6)4-7-1-2-8-4/h3-4H,1-2H2. The molecule has 0 aliphatic carbocycles. The molecule has 1 saturated heterocycles. The van der Waals surface area contributed by atoms with Crippen LogP contribution in [0.3, 0.4) is 0 Å². The SMILES string of the molecule is ClC(Cl)C1SCCS1. The molecule has 1 rings (SSSR count). The van der Waals surface area contributed by atoms with Gasteiger partial charge in [-0.05, 0) is 0 Å². The molecule has 1 heterocycles. The van der Waals surface area contributed by atoms with Gasteiger partial charge in [0.05, 0.1) is 4.58 Å². The van der Waals surface area contributed by atoms with Gasteiger partial charge in [0.1, 0.15) is 4.84 Å². The van der Waals surface area contributed by atoms with E-state index in [2.05, 4.69) is 0 Å². The van der Waals surface area contributed by atoms with Gasteiger partial charge < -0.3 is 0 Å². The fraction of sp³-hybridized carbons (Fsp3) is 1.00. The Morgan fingerprint density at radius 2 is 1.75 bits per heavy atom. The minimum Gasteiger partial charge on any atom is -0.144 e. The van der Waals surface area contributed by atoms with Crippen LogP contribution in [0.1, 0.15) is 0 Å². The second-order valence-corrected chi connectivity index (χ2v) is 5.41. The molecule has 4 heteroatoms. The summed E-state index contributed by atoms with van der Waals surface area (Å²) in [5.74, 6) is 2.40. The Labute approximate surface area is 67.7 Å². The first kappa shape index (κ1) is 7.39. The summed E-state index contributed by atoms with van der Waals surface area (Å²) in [6.07, 6.45) is 0. The van der Waals surface area contributed by atoms with Gasteiger partial charge in [-0.25, -0.2) is 0 Å². The van der Waals surface area contributed by atoms with Crippen LogP contribution in [0.5, 0.6) is 0 Å². The first-order valence-electron chi connectivity index (χ1n) is 2.32. The first-order chi connectivity index (χ1) is 3.80. The first-order valence-corrected chi connectivity index (χ1v) is 5.29. The normalized spacial score (nSPS) is 22.9. The predicted molar refractivity (Wildman–Crippen MR) is 44.2 cm³/mol. The lowest BCUT2D eigenvalue weighted by Gasteiger charge is -2.05. The molecule has 1 fully saturated rings. The van der Waals surface area contributed by atoms with Crippen molar-refractivity contribution in [2.75, 3.05) is 11.5 Å². The Bertz CT molecular complexity index is 70.4. The zero-order valence-electron chi connectivity index (χ0n) is 4.14. The Balaban J connectivity index is 2.24. The van der Waals surface area contributed by atoms with Crippen LogP contribution >= 0.6 is 46.7 Å². The molecule has 1 aliphatic rings. The number of hydrogen-bond donors (Lipinski definition) is 0. The lowest BCUT2D eigenvalue weighted by Crippen LogP contribution is -2.01. The number of alkyl halides is 2.